The van der Waals surface area contributed by atoms with Crippen LogP contribution in [0.3, 0.4) is 0 Å². The lowest BCUT2D eigenvalue weighted by molar-refractivity contribution is -0.136. The van der Waals surface area contributed by atoms with E-state index in [9.17, 15) is 15.0 Å². The number of hydrogen-bond acceptors (Lipinski definition) is 4. The highest BCUT2D eigenvalue weighted by molar-refractivity contribution is 5.70. The van der Waals surface area contributed by atoms with E-state index in [1.54, 1.807) is 6.07 Å². The molecule has 1 heterocycles. The van der Waals surface area contributed by atoms with Gasteiger partial charge in [-0.05, 0) is 11.1 Å². The van der Waals surface area contributed by atoms with E-state index in [-0.39, 0.29) is 6.42 Å². The number of rotatable bonds is 4. The Morgan fingerprint density at radius 1 is 1.17 bits per heavy atom. The van der Waals surface area contributed by atoms with Crippen LogP contribution in [0.2, 0.25) is 0 Å². The minimum atomic E-state index is -0.857. The third-order valence-electron chi connectivity index (χ3n) is 3.19. The molecule has 98 valence electrons. The molecule has 1 aromatic carbocycles. The van der Waals surface area contributed by atoms with Crippen molar-refractivity contribution >= 4 is 5.97 Å². The summed E-state index contributed by atoms with van der Waals surface area (Å²) in [6, 6.07) is 7.36. The Hall–Kier alpha value is -1.43. The summed E-state index contributed by atoms with van der Waals surface area (Å²) in [4.78, 5) is 12.7. The van der Waals surface area contributed by atoms with E-state index >= 15 is 0 Å². The Labute approximate surface area is 105 Å². The van der Waals surface area contributed by atoms with Crippen LogP contribution in [0.25, 0.3) is 0 Å². The monoisotopic (exact) mass is 251 g/mol. The number of aliphatic carboxylic acids is 1. The number of carboxylic acids is 1. The minimum absolute atomic E-state index is 0.00484. The number of β-amino-alcohol motifs (C(OH)–C–C–N with tert-alkyl or cyclic N) is 2. The first-order valence-electron chi connectivity index (χ1n) is 5.93. The van der Waals surface area contributed by atoms with Crippen molar-refractivity contribution in [2.45, 2.75) is 25.2 Å². The molecule has 0 bridgehead atoms. The fourth-order valence-electron chi connectivity index (χ4n) is 2.26. The van der Waals surface area contributed by atoms with Gasteiger partial charge in [0.25, 0.3) is 0 Å². The van der Waals surface area contributed by atoms with Gasteiger partial charge in [0, 0.05) is 19.6 Å². The molecule has 18 heavy (non-hydrogen) atoms. The maximum absolute atomic E-state index is 10.8. The van der Waals surface area contributed by atoms with E-state index in [2.05, 4.69) is 0 Å². The van der Waals surface area contributed by atoms with E-state index in [1.165, 1.54) is 0 Å². The van der Waals surface area contributed by atoms with Crippen molar-refractivity contribution in [1.29, 1.82) is 0 Å². The molecular formula is C13H17NO4. The molecule has 0 spiro atoms. The van der Waals surface area contributed by atoms with Crippen LogP contribution in [0.15, 0.2) is 24.3 Å². The molecule has 1 aliphatic heterocycles. The van der Waals surface area contributed by atoms with Crippen LogP contribution in [-0.2, 0) is 17.8 Å². The molecule has 1 saturated heterocycles. The summed E-state index contributed by atoms with van der Waals surface area (Å²) in [5.74, 6) is -0.857. The van der Waals surface area contributed by atoms with E-state index in [0.717, 1.165) is 11.1 Å². The first kappa shape index (κ1) is 13.0. The SMILES string of the molecule is O=C(O)Cc1ccccc1CN1CC(O)C(O)C1. The predicted octanol–water partition coefficient (Wildman–Crippen LogP) is -0.149. The van der Waals surface area contributed by atoms with Crippen molar-refractivity contribution in [3.05, 3.63) is 35.4 Å². The summed E-state index contributed by atoms with van der Waals surface area (Å²) < 4.78 is 0. The molecule has 1 aliphatic rings. The van der Waals surface area contributed by atoms with Crippen LogP contribution in [0.4, 0.5) is 0 Å². The normalized spacial score (nSPS) is 24.3. The molecule has 5 nitrogen and oxygen atoms in total. The second kappa shape index (κ2) is 5.48. The van der Waals surface area contributed by atoms with Crippen LogP contribution in [-0.4, -0.2) is 51.5 Å². The van der Waals surface area contributed by atoms with Crippen molar-refractivity contribution < 1.29 is 20.1 Å². The Balaban J connectivity index is 2.07. The molecule has 1 fully saturated rings. The zero-order chi connectivity index (χ0) is 13.1. The fourth-order valence-corrected chi connectivity index (χ4v) is 2.26. The molecule has 0 saturated carbocycles. The number of carbonyl (C=O) groups is 1. The van der Waals surface area contributed by atoms with Crippen molar-refractivity contribution in [3.63, 3.8) is 0 Å². The first-order chi connectivity index (χ1) is 8.56. The van der Waals surface area contributed by atoms with Crippen LogP contribution in [0, 0.1) is 0 Å². The van der Waals surface area contributed by atoms with Gasteiger partial charge >= 0.3 is 5.97 Å². The minimum Gasteiger partial charge on any atom is -0.481 e. The number of benzene rings is 1. The van der Waals surface area contributed by atoms with E-state index in [1.807, 2.05) is 23.1 Å². The van der Waals surface area contributed by atoms with Crippen molar-refractivity contribution in [2.24, 2.45) is 0 Å². The van der Waals surface area contributed by atoms with Gasteiger partial charge in [-0.1, -0.05) is 24.3 Å². The summed E-state index contributed by atoms with van der Waals surface area (Å²) in [5.41, 5.74) is 1.71. The molecule has 0 aliphatic carbocycles. The third kappa shape index (κ3) is 3.07. The number of aliphatic hydroxyl groups is 2. The highest BCUT2D eigenvalue weighted by Gasteiger charge is 2.29. The third-order valence-corrected chi connectivity index (χ3v) is 3.19. The van der Waals surface area contributed by atoms with Crippen LogP contribution >= 0.6 is 0 Å². The molecule has 0 amide bonds. The van der Waals surface area contributed by atoms with Crippen molar-refractivity contribution in [2.75, 3.05) is 13.1 Å². The summed E-state index contributed by atoms with van der Waals surface area (Å²) in [6.45, 7) is 1.39. The molecule has 0 aromatic heterocycles. The molecule has 0 radical (unpaired) electrons. The Morgan fingerprint density at radius 2 is 1.72 bits per heavy atom. The van der Waals surface area contributed by atoms with Gasteiger partial charge in [0.1, 0.15) is 0 Å². The first-order valence-corrected chi connectivity index (χ1v) is 5.93. The highest BCUT2D eigenvalue weighted by atomic mass is 16.4. The van der Waals surface area contributed by atoms with Gasteiger partial charge in [-0.25, -0.2) is 0 Å². The van der Waals surface area contributed by atoms with Gasteiger partial charge < -0.3 is 15.3 Å². The van der Waals surface area contributed by atoms with Gasteiger partial charge in [0.2, 0.25) is 0 Å². The second-order valence-electron chi connectivity index (χ2n) is 4.67. The summed E-state index contributed by atoms with van der Waals surface area (Å²) in [7, 11) is 0. The zero-order valence-electron chi connectivity index (χ0n) is 9.99. The smallest absolute Gasteiger partial charge is 0.307 e. The van der Waals surface area contributed by atoms with E-state index in [0.29, 0.717) is 19.6 Å². The van der Waals surface area contributed by atoms with E-state index < -0.39 is 18.2 Å². The molecule has 5 heteroatoms. The fraction of sp³-hybridized carbons (Fsp3) is 0.462. The Bertz CT molecular complexity index is 425. The van der Waals surface area contributed by atoms with Gasteiger partial charge in [0.05, 0.1) is 18.6 Å². The van der Waals surface area contributed by atoms with Crippen molar-refractivity contribution in [3.8, 4) is 0 Å². The van der Waals surface area contributed by atoms with Gasteiger partial charge in [-0.3, -0.25) is 9.69 Å². The maximum Gasteiger partial charge on any atom is 0.307 e. The summed E-state index contributed by atoms with van der Waals surface area (Å²) >= 11 is 0. The lowest BCUT2D eigenvalue weighted by Crippen LogP contribution is -2.22. The summed E-state index contributed by atoms with van der Waals surface area (Å²) in [5, 5.41) is 27.8. The molecular weight excluding hydrogens is 234 g/mol. The topological polar surface area (TPSA) is 81.0 Å². The molecule has 2 rings (SSSR count). The number of hydrogen-bond donors (Lipinski definition) is 3. The second-order valence-corrected chi connectivity index (χ2v) is 4.67. The number of carboxylic acid groups (broad SMARTS) is 1. The van der Waals surface area contributed by atoms with E-state index in [4.69, 9.17) is 5.11 Å². The highest BCUT2D eigenvalue weighted by Crippen LogP contribution is 2.17. The Kier molecular flexibility index (Phi) is 3.96. The average molecular weight is 251 g/mol. The zero-order valence-corrected chi connectivity index (χ0v) is 9.99. The van der Waals surface area contributed by atoms with Crippen LogP contribution in [0.5, 0.6) is 0 Å². The number of nitrogens with zero attached hydrogens (tertiary/aromatic N) is 1. The lowest BCUT2D eigenvalue weighted by atomic mass is 10.0. The molecule has 1 aromatic rings. The standard InChI is InChI=1S/C13H17NO4/c15-11-7-14(8-12(11)16)6-10-4-2-1-3-9(10)5-13(17)18/h1-4,11-12,15-16H,5-8H2,(H,17,18). The molecule has 3 N–H and O–H groups in total. The molecule has 2 atom stereocenters. The van der Waals surface area contributed by atoms with Gasteiger partial charge in [-0.2, -0.15) is 0 Å². The largest absolute Gasteiger partial charge is 0.481 e. The van der Waals surface area contributed by atoms with Crippen LogP contribution < -0.4 is 0 Å². The molecule has 2 unspecified atom stereocenters. The van der Waals surface area contributed by atoms with Gasteiger partial charge in [-0.15, -0.1) is 0 Å². The summed E-state index contributed by atoms with van der Waals surface area (Å²) in [6.07, 6.45) is -1.43. The van der Waals surface area contributed by atoms with Gasteiger partial charge in [0.15, 0.2) is 0 Å². The number of likely N-dealkylation sites (tertiary alicyclic amines) is 1. The average Bonchev–Trinajstić information content (AvgIpc) is 2.60. The predicted molar refractivity (Wildman–Crippen MR) is 65.1 cm³/mol. The number of aliphatic hydroxyl groups excluding tert-OH is 2. The Morgan fingerprint density at radius 3 is 2.28 bits per heavy atom. The maximum atomic E-state index is 10.8. The quantitative estimate of drug-likeness (QED) is 0.693. The lowest BCUT2D eigenvalue weighted by Gasteiger charge is -2.16. The van der Waals surface area contributed by atoms with Crippen molar-refractivity contribution in [1.82, 2.24) is 4.90 Å². The van der Waals surface area contributed by atoms with Crippen LogP contribution in [0.1, 0.15) is 11.1 Å².